The van der Waals surface area contributed by atoms with E-state index in [1.807, 2.05) is 6.07 Å². The fourth-order valence-corrected chi connectivity index (χ4v) is 2.46. The second kappa shape index (κ2) is 9.36. The quantitative estimate of drug-likeness (QED) is 0.772. The minimum absolute atomic E-state index is 0.124. The third kappa shape index (κ3) is 5.73. The molecule has 2 atom stereocenters. The Labute approximate surface area is 152 Å². The first-order chi connectivity index (χ1) is 12.5. The third-order valence-electron chi connectivity index (χ3n) is 3.61. The van der Waals surface area contributed by atoms with E-state index in [4.69, 9.17) is 9.47 Å². The van der Waals surface area contributed by atoms with Crippen molar-refractivity contribution in [3.05, 3.63) is 71.8 Å². The number of nitrogens with one attached hydrogen (secondary N) is 1. The maximum absolute atomic E-state index is 12.5. The van der Waals surface area contributed by atoms with Gasteiger partial charge in [-0.05, 0) is 17.7 Å². The van der Waals surface area contributed by atoms with Gasteiger partial charge in [0.25, 0.3) is 5.91 Å². The van der Waals surface area contributed by atoms with E-state index in [9.17, 15) is 14.4 Å². The average Bonchev–Trinajstić information content (AvgIpc) is 2.64. The second-order valence-corrected chi connectivity index (χ2v) is 5.69. The summed E-state index contributed by atoms with van der Waals surface area (Å²) < 4.78 is 10.5. The normalized spacial score (nSPS) is 12.5. The first-order valence-electron chi connectivity index (χ1n) is 8.19. The molecule has 0 fully saturated rings. The molecule has 0 saturated carbocycles. The van der Waals surface area contributed by atoms with Crippen molar-refractivity contribution in [2.75, 3.05) is 6.61 Å². The molecule has 0 radical (unpaired) electrons. The summed E-state index contributed by atoms with van der Waals surface area (Å²) in [5.74, 6) is -1.34. The van der Waals surface area contributed by atoms with Crippen LogP contribution in [0.4, 0.5) is 0 Å². The zero-order valence-corrected chi connectivity index (χ0v) is 14.7. The zero-order chi connectivity index (χ0) is 18.9. The van der Waals surface area contributed by atoms with Gasteiger partial charge >= 0.3 is 11.9 Å². The van der Waals surface area contributed by atoms with Gasteiger partial charge in [-0.2, -0.15) is 0 Å². The van der Waals surface area contributed by atoms with Crippen molar-refractivity contribution >= 4 is 17.8 Å². The van der Waals surface area contributed by atoms with Crippen LogP contribution in [0.15, 0.2) is 60.7 Å². The predicted octanol–water partition coefficient (Wildman–Crippen LogP) is 2.65. The number of benzene rings is 2. The molecule has 0 aliphatic rings. The van der Waals surface area contributed by atoms with Crippen LogP contribution >= 0.6 is 0 Å². The molecule has 0 saturated heterocycles. The van der Waals surface area contributed by atoms with Crippen molar-refractivity contribution in [3.8, 4) is 0 Å². The minimum Gasteiger partial charge on any atom is -0.464 e. The Morgan fingerprint density at radius 3 is 2.00 bits per heavy atom. The molecule has 0 aromatic heterocycles. The van der Waals surface area contributed by atoms with Gasteiger partial charge in [0.1, 0.15) is 12.6 Å². The third-order valence-corrected chi connectivity index (χ3v) is 3.61. The Morgan fingerprint density at radius 2 is 1.46 bits per heavy atom. The maximum Gasteiger partial charge on any atom is 0.303 e. The lowest BCUT2D eigenvalue weighted by Gasteiger charge is -2.27. The van der Waals surface area contributed by atoms with Crippen molar-refractivity contribution in [2.24, 2.45) is 0 Å². The number of rotatable bonds is 7. The molecule has 0 heterocycles. The number of amides is 1. The molecule has 136 valence electrons. The molecule has 1 amide bonds. The van der Waals surface area contributed by atoms with Gasteiger partial charge in [-0.3, -0.25) is 14.4 Å². The largest absolute Gasteiger partial charge is 0.464 e. The van der Waals surface area contributed by atoms with Crippen molar-refractivity contribution in [1.82, 2.24) is 5.32 Å². The van der Waals surface area contributed by atoms with Crippen LogP contribution in [0.5, 0.6) is 0 Å². The van der Waals surface area contributed by atoms with Gasteiger partial charge < -0.3 is 14.8 Å². The summed E-state index contributed by atoms with van der Waals surface area (Å²) in [6.45, 7) is 2.44. The average molecular weight is 355 g/mol. The summed E-state index contributed by atoms with van der Waals surface area (Å²) in [7, 11) is 0. The van der Waals surface area contributed by atoms with Crippen LogP contribution < -0.4 is 5.32 Å². The number of hydrogen-bond acceptors (Lipinski definition) is 5. The smallest absolute Gasteiger partial charge is 0.303 e. The van der Waals surface area contributed by atoms with E-state index in [1.165, 1.54) is 13.8 Å². The van der Waals surface area contributed by atoms with Crippen molar-refractivity contribution in [2.45, 2.75) is 26.0 Å². The van der Waals surface area contributed by atoms with Crippen molar-refractivity contribution in [1.29, 1.82) is 0 Å². The van der Waals surface area contributed by atoms with Crippen LogP contribution in [-0.2, 0) is 19.1 Å². The molecule has 2 rings (SSSR count). The number of ether oxygens (including phenoxy) is 2. The van der Waals surface area contributed by atoms with Gasteiger partial charge in [-0.15, -0.1) is 0 Å². The molecule has 0 spiro atoms. The highest BCUT2D eigenvalue weighted by atomic mass is 16.6. The number of carbonyl (C=O) groups is 3. The molecule has 2 aromatic carbocycles. The molecule has 0 unspecified atom stereocenters. The number of hydrogen-bond donors (Lipinski definition) is 1. The predicted molar refractivity (Wildman–Crippen MR) is 95.3 cm³/mol. The van der Waals surface area contributed by atoms with E-state index in [1.54, 1.807) is 54.6 Å². The summed E-state index contributed by atoms with van der Waals surface area (Å²) in [4.78, 5) is 35.4. The Kier molecular flexibility index (Phi) is 6.91. The standard InChI is InChI=1S/C20H21NO5/c1-14(22)25-13-18(21-20(24)17-11-7-4-8-12-17)19(26-15(2)23)16-9-5-3-6-10-16/h3-12,18-19H,13H2,1-2H3,(H,21,24)/t18-,19-/m1/s1. The van der Waals surface area contributed by atoms with Gasteiger partial charge in [0.2, 0.25) is 0 Å². The van der Waals surface area contributed by atoms with Crippen molar-refractivity contribution < 1.29 is 23.9 Å². The Bertz CT molecular complexity index is 745. The SMILES string of the molecule is CC(=O)OC[C@@H](NC(=O)c1ccccc1)[C@H](OC(C)=O)c1ccccc1. The highest BCUT2D eigenvalue weighted by Gasteiger charge is 2.29. The lowest BCUT2D eigenvalue weighted by atomic mass is 10.0. The molecular formula is C20H21NO5. The van der Waals surface area contributed by atoms with Crippen molar-refractivity contribution in [3.63, 3.8) is 0 Å². The van der Waals surface area contributed by atoms with Crippen LogP contribution in [0.25, 0.3) is 0 Å². The summed E-state index contributed by atoms with van der Waals surface area (Å²) in [6, 6.07) is 16.9. The maximum atomic E-state index is 12.5. The minimum atomic E-state index is -0.791. The molecule has 2 aromatic rings. The van der Waals surface area contributed by atoms with Crippen LogP contribution in [0.1, 0.15) is 35.9 Å². The van der Waals surface area contributed by atoms with E-state index in [0.717, 1.165) is 0 Å². The number of esters is 2. The highest BCUT2D eigenvalue weighted by molar-refractivity contribution is 5.94. The molecule has 6 nitrogen and oxygen atoms in total. The molecule has 0 bridgehead atoms. The van der Waals surface area contributed by atoms with Crippen LogP contribution in [0, 0.1) is 0 Å². The first-order valence-corrected chi connectivity index (χ1v) is 8.19. The van der Waals surface area contributed by atoms with Crippen LogP contribution in [-0.4, -0.2) is 30.5 Å². The highest BCUT2D eigenvalue weighted by Crippen LogP contribution is 2.22. The fourth-order valence-electron chi connectivity index (χ4n) is 2.46. The summed E-state index contributed by atoms with van der Waals surface area (Å²) >= 11 is 0. The van der Waals surface area contributed by atoms with E-state index in [0.29, 0.717) is 11.1 Å². The summed E-state index contributed by atoms with van der Waals surface area (Å²) in [5.41, 5.74) is 1.14. The Morgan fingerprint density at radius 1 is 0.885 bits per heavy atom. The van der Waals surface area contributed by atoms with Crippen LogP contribution in [0.3, 0.4) is 0 Å². The van der Waals surface area contributed by atoms with Gasteiger partial charge in [-0.25, -0.2) is 0 Å². The fraction of sp³-hybridized carbons (Fsp3) is 0.250. The topological polar surface area (TPSA) is 81.7 Å². The Hall–Kier alpha value is -3.15. The Balaban J connectivity index is 2.28. The molecule has 0 aliphatic heterocycles. The molecular weight excluding hydrogens is 334 g/mol. The molecule has 1 N–H and O–H groups in total. The molecule has 0 aliphatic carbocycles. The molecule has 26 heavy (non-hydrogen) atoms. The van der Waals surface area contributed by atoms with Gasteiger partial charge in [0.15, 0.2) is 6.10 Å². The molecule has 6 heteroatoms. The van der Waals surface area contributed by atoms with Gasteiger partial charge in [-0.1, -0.05) is 48.5 Å². The van der Waals surface area contributed by atoms with Gasteiger partial charge in [0.05, 0.1) is 0 Å². The van der Waals surface area contributed by atoms with E-state index in [-0.39, 0.29) is 12.5 Å². The summed E-state index contributed by atoms with van der Waals surface area (Å²) in [5, 5.41) is 2.80. The lowest BCUT2D eigenvalue weighted by Crippen LogP contribution is -2.44. The number of carbonyl (C=O) groups excluding carboxylic acids is 3. The zero-order valence-electron chi connectivity index (χ0n) is 14.7. The van der Waals surface area contributed by atoms with E-state index in [2.05, 4.69) is 5.32 Å². The van der Waals surface area contributed by atoms with E-state index >= 15 is 0 Å². The van der Waals surface area contributed by atoms with Crippen LogP contribution in [0.2, 0.25) is 0 Å². The second-order valence-electron chi connectivity index (χ2n) is 5.69. The van der Waals surface area contributed by atoms with Gasteiger partial charge in [0, 0.05) is 19.4 Å². The lowest BCUT2D eigenvalue weighted by molar-refractivity contribution is -0.151. The van der Waals surface area contributed by atoms with E-state index < -0.39 is 24.1 Å². The first kappa shape index (κ1) is 19.2. The summed E-state index contributed by atoms with van der Waals surface area (Å²) in [6.07, 6.45) is -0.791. The monoisotopic (exact) mass is 355 g/mol.